The van der Waals surface area contributed by atoms with E-state index in [0.717, 1.165) is 11.2 Å². The van der Waals surface area contributed by atoms with E-state index in [0.29, 0.717) is 18.1 Å². The molecule has 0 fully saturated rings. The number of oxazole rings is 1. The van der Waals surface area contributed by atoms with E-state index in [2.05, 4.69) is 30.7 Å². The molecule has 2 aromatic rings. The Labute approximate surface area is 88.5 Å². The molecule has 0 saturated heterocycles. The van der Waals surface area contributed by atoms with Gasteiger partial charge in [0.2, 0.25) is 11.6 Å². The van der Waals surface area contributed by atoms with Crippen molar-refractivity contribution >= 4 is 11.2 Å². The van der Waals surface area contributed by atoms with E-state index >= 15 is 0 Å². The molecule has 80 valence electrons. The van der Waals surface area contributed by atoms with Crippen molar-refractivity contribution < 1.29 is 4.42 Å². The molecule has 2 N–H and O–H groups in total. The van der Waals surface area contributed by atoms with Gasteiger partial charge in [-0.05, 0) is 12.1 Å². The highest BCUT2D eigenvalue weighted by Crippen LogP contribution is 2.24. The number of fused-ring (bicyclic) bond motifs is 1. The standard InChI is InChI=1S/C11H15N3O/c1-11(2,3)10-14-8-5-4-7(6-12)13-9(8)15-10/h4-5H,6,12H2,1-3H3. The third-order valence-corrected chi connectivity index (χ3v) is 2.16. The van der Waals surface area contributed by atoms with E-state index in [9.17, 15) is 0 Å². The van der Waals surface area contributed by atoms with Crippen LogP contribution in [0.3, 0.4) is 0 Å². The average Bonchev–Trinajstić information content (AvgIpc) is 2.59. The van der Waals surface area contributed by atoms with Gasteiger partial charge in [-0.1, -0.05) is 20.8 Å². The van der Waals surface area contributed by atoms with Crippen LogP contribution in [0.5, 0.6) is 0 Å². The lowest BCUT2D eigenvalue weighted by atomic mass is 9.97. The number of nitrogens with zero attached hydrogens (tertiary/aromatic N) is 2. The first-order valence-corrected chi connectivity index (χ1v) is 4.98. The van der Waals surface area contributed by atoms with Crippen LogP contribution in [0.2, 0.25) is 0 Å². The molecule has 0 unspecified atom stereocenters. The summed E-state index contributed by atoms with van der Waals surface area (Å²) in [5.41, 5.74) is 7.59. The predicted octanol–water partition coefficient (Wildman–Crippen LogP) is 1.98. The van der Waals surface area contributed by atoms with Gasteiger partial charge in [-0.15, -0.1) is 0 Å². The van der Waals surface area contributed by atoms with Gasteiger partial charge < -0.3 is 10.2 Å². The summed E-state index contributed by atoms with van der Waals surface area (Å²) in [6.45, 7) is 6.59. The van der Waals surface area contributed by atoms with Crippen LogP contribution in [0.1, 0.15) is 32.4 Å². The number of hydrogen-bond acceptors (Lipinski definition) is 4. The minimum atomic E-state index is -0.0937. The van der Waals surface area contributed by atoms with Crippen molar-refractivity contribution in [2.24, 2.45) is 5.73 Å². The number of nitrogens with two attached hydrogens (primary N) is 1. The van der Waals surface area contributed by atoms with Gasteiger partial charge in [0.1, 0.15) is 5.52 Å². The fraction of sp³-hybridized carbons (Fsp3) is 0.455. The van der Waals surface area contributed by atoms with Crippen LogP contribution in [0, 0.1) is 0 Å². The summed E-state index contributed by atoms with van der Waals surface area (Å²) in [6.07, 6.45) is 0. The molecule has 0 bridgehead atoms. The number of hydrogen-bond donors (Lipinski definition) is 1. The van der Waals surface area contributed by atoms with Crippen molar-refractivity contribution in [2.45, 2.75) is 32.7 Å². The molecule has 0 atom stereocenters. The summed E-state index contributed by atoms with van der Waals surface area (Å²) in [5.74, 6) is 0.708. The van der Waals surface area contributed by atoms with Gasteiger partial charge in [0, 0.05) is 12.0 Å². The maximum atomic E-state index is 5.60. The summed E-state index contributed by atoms with van der Waals surface area (Å²) >= 11 is 0. The first-order valence-electron chi connectivity index (χ1n) is 4.98. The fourth-order valence-electron chi connectivity index (χ4n) is 1.29. The van der Waals surface area contributed by atoms with Crippen molar-refractivity contribution in [1.29, 1.82) is 0 Å². The van der Waals surface area contributed by atoms with Crippen LogP contribution in [-0.4, -0.2) is 9.97 Å². The quantitative estimate of drug-likeness (QED) is 0.773. The van der Waals surface area contributed by atoms with E-state index in [1.807, 2.05) is 12.1 Å². The Balaban J connectivity index is 2.56. The van der Waals surface area contributed by atoms with Gasteiger partial charge >= 0.3 is 0 Å². The van der Waals surface area contributed by atoms with Crippen molar-refractivity contribution in [3.63, 3.8) is 0 Å². The Kier molecular flexibility index (Phi) is 2.23. The highest BCUT2D eigenvalue weighted by Gasteiger charge is 2.21. The minimum absolute atomic E-state index is 0.0937. The number of rotatable bonds is 1. The molecule has 0 saturated carbocycles. The zero-order valence-electron chi connectivity index (χ0n) is 9.24. The zero-order valence-corrected chi connectivity index (χ0v) is 9.24. The second kappa shape index (κ2) is 3.31. The van der Waals surface area contributed by atoms with Crippen molar-refractivity contribution in [3.05, 3.63) is 23.7 Å². The summed E-state index contributed by atoms with van der Waals surface area (Å²) in [5, 5.41) is 0. The average molecular weight is 205 g/mol. The van der Waals surface area contributed by atoms with Crippen LogP contribution in [0.15, 0.2) is 16.5 Å². The first-order chi connectivity index (χ1) is 7.00. The van der Waals surface area contributed by atoms with Crippen LogP contribution in [0.4, 0.5) is 0 Å². The van der Waals surface area contributed by atoms with E-state index in [-0.39, 0.29) is 5.41 Å². The Morgan fingerprint density at radius 2 is 2.00 bits per heavy atom. The number of aromatic nitrogens is 2. The largest absolute Gasteiger partial charge is 0.422 e. The van der Waals surface area contributed by atoms with E-state index in [4.69, 9.17) is 10.2 Å². The van der Waals surface area contributed by atoms with Gasteiger partial charge in [0.15, 0.2) is 0 Å². The normalized spacial score (nSPS) is 12.3. The lowest BCUT2D eigenvalue weighted by Gasteiger charge is -2.11. The molecule has 2 heterocycles. The monoisotopic (exact) mass is 205 g/mol. The number of pyridine rings is 1. The summed E-state index contributed by atoms with van der Waals surface area (Å²) in [6, 6.07) is 3.76. The molecule has 0 radical (unpaired) electrons. The molecule has 0 spiro atoms. The zero-order chi connectivity index (χ0) is 11.1. The molecular formula is C11H15N3O. The lowest BCUT2D eigenvalue weighted by molar-refractivity contribution is 0.407. The van der Waals surface area contributed by atoms with Crippen molar-refractivity contribution in [2.75, 3.05) is 0 Å². The molecule has 2 aromatic heterocycles. The van der Waals surface area contributed by atoms with Crippen molar-refractivity contribution in [1.82, 2.24) is 9.97 Å². The van der Waals surface area contributed by atoms with E-state index < -0.39 is 0 Å². The molecule has 0 amide bonds. The molecular weight excluding hydrogens is 190 g/mol. The minimum Gasteiger partial charge on any atom is -0.422 e. The van der Waals surface area contributed by atoms with Gasteiger partial charge in [-0.2, -0.15) is 0 Å². The van der Waals surface area contributed by atoms with Gasteiger partial charge in [0.25, 0.3) is 0 Å². The Morgan fingerprint density at radius 1 is 1.27 bits per heavy atom. The summed E-state index contributed by atoms with van der Waals surface area (Å²) in [4.78, 5) is 8.66. The second-order valence-corrected chi connectivity index (χ2v) is 4.60. The molecule has 0 aromatic carbocycles. The lowest BCUT2D eigenvalue weighted by Crippen LogP contribution is -2.10. The van der Waals surface area contributed by atoms with E-state index in [1.54, 1.807) is 0 Å². The van der Waals surface area contributed by atoms with Crippen LogP contribution in [-0.2, 0) is 12.0 Å². The summed E-state index contributed by atoms with van der Waals surface area (Å²) < 4.78 is 5.60. The van der Waals surface area contributed by atoms with Gasteiger partial charge in [-0.25, -0.2) is 9.97 Å². The smallest absolute Gasteiger partial charge is 0.247 e. The van der Waals surface area contributed by atoms with E-state index in [1.165, 1.54) is 0 Å². The molecule has 0 aliphatic heterocycles. The third kappa shape index (κ3) is 1.85. The molecule has 4 heteroatoms. The maximum absolute atomic E-state index is 5.60. The third-order valence-electron chi connectivity index (χ3n) is 2.16. The SMILES string of the molecule is CC(C)(C)c1nc2ccc(CN)nc2o1. The molecule has 4 nitrogen and oxygen atoms in total. The highest BCUT2D eigenvalue weighted by molar-refractivity contribution is 5.68. The molecule has 2 rings (SSSR count). The molecule has 0 aliphatic carbocycles. The van der Waals surface area contributed by atoms with Crippen LogP contribution < -0.4 is 5.73 Å². The van der Waals surface area contributed by atoms with Gasteiger partial charge in [0.05, 0.1) is 5.69 Å². The fourth-order valence-corrected chi connectivity index (χ4v) is 1.29. The molecule has 15 heavy (non-hydrogen) atoms. The Morgan fingerprint density at radius 3 is 2.60 bits per heavy atom. The van der Waals surface area contributed by atoms with Crippen LogP contribution >= 0.6 is 0 Å². The predicted molar refractivity (Wildman–Crippen MR) is 58.4 cm³/mol. The Bertz CT molecular complexity index is 482. The first kappa shape index (κ1) is 10.1. The highest BCUT2D eigenvalue weighted by atomic mass is 16.4. The second-order valence-electron chi connectivity index (χ2n) is 4.60. The molecule has 0 aliphatic rings. The maximum Gasteiger partial charge on any atom is 0.247 e. The van der Waals surface area contributed by atoms with Gasteiger partial charge in [-0.3, -0.25) is 0 Å². The van der Waals surface area contributed by atoms with Crippen LogP contribution in [0.25, 0.3) is 11.2 Å². The Hall–Kier alpha value is -1.42. The summed E-state index contributed by atoms with van der Waals surface area (Å²) in [7, 11) is 0. The van der Waals surface area contributed by atoms with Crippen molar-refractivity contribution in [3.8, 4) is 0 Å². The topological polar surface area (TPSA) is 64.9 Å².